The molecule has 0 spiro atoms. The lowest BCUT2D eigenvalue weighted by molar-refractivity contribution is -0.177. The van der Waals surface area contributed by atoms with E-state index in [2.05, 4.69) is 0 Å². The highest BCUT2D eigenvalue weighted by Gasteiger charge is 2.43. The summed E-state index contributed by atoms with van der Waals surface area (Å²) >= 11 is 0. The first-order chi connectivity index (χ1) is 12.6. The summed E-state index contributed by atoms with van der Waals surface area (Å²) in [5.41, 5.74) is 0.473. The fraction of sp³-hybridized carbons (Fsp3) is 0.474. The number of carbonyl (C=O) groups excluding carboxylic acids is 4. The molecule has 3 amide bonds. The van der Waals surface area contributed by atoms with Gasteiger partial charge in [-0.3, -0.25) is 14.4 Å². The molecule has 7 nitrogen and oxygen atoms in total. The summed E-state index contributed by atoms with van der Waals surface area (Å²) in [5.74, 6) is -2.29. The second-order valence-corrected chi connectivity index (χ2v) is 7.01. The Hall–Kier alpha value is -2.70. The molecule has 2 heterocycles. The molecule has 2 fully saturated rings. The lowest BCUT2D eigenvalue weighted by Crippen LogP contribution is -2.48. The molecule has 0 unspecified atom stereocenters. The Morgan fingerprint density at radius 1 is 0.962 bits per heavy atom. The molecule has 0 N–H and O–H groups in total. The summed E-state index contributed by atoms with van der Waals surface area (Å²) in [6.07, 6.45) is 4.46. The van der Waals surface area contributed by atoms with Crippen LogP contribution >= 0.6 is 0 Å². The largest absolute Gasteiger partial charge is 0.339 e. The summed E-state index contributed by atoms with van der Waals surface area (Å²) < 4.78 is 0. The highest BCUT2D eigenvalue weighted by molar-refractivity contribution is 6.20. The smallest absolute Gasteiger partial charge is 0.338 e. The monoisotopic (exact) mass is 356 g/mol. The Morgan fingerprint density at radius 2 is 1.62 bits per heavy atom. The maximum absolute atomic E-state index is 12.8. The van der Waals surface area contributed by atoms with Crippen LogP contribution in [0.15, 0.2) is 24.3 Å². The van der Waals surface area contributed by atoms with Crippen molar-refractivity contribution in [1.82, 2.24) is 9.96 Å². The molecule has 0 radical (unpaired) electrons. The van der Waals surface area contributed by atoms with Crippen LogP contribution in [0.5, 0.6) is 0 Å². The summed E-state index contributed by atoms with van der Waals surface area (Å²) in [6, 6.07) is 6.18. The molecule has 1 saturated heterocycles. The Kier molecular flexibility index (Phi) is 4.22. The van der Waals surface area contributed by atoms with E-state index in [1.807, 2.05) is 0 Å². The third-order valence-electron chi connectivity index (χ3n) is 5.48. The predicted octanol–water partition coefficient (Wildman–Crippen LogP) is 1.92. The summed E-state index contributed by atoms with van der Waals surface area (Å²) in [5, 5.41) is 0.560. The molecule has 0 aromatic heterocycles. The zero-order chi connectivity index (χ0) is 18.3. The van der Waals surface area contributed by atoms with Crippen molar-refractivity contribution in [2.24, 2.45) is 5.92 Å². The highest BCUT2D eigenvalue weighted by Crippen LogP contribution is 2.33. The molecule has 0 bridgehead atoms. The molecule has 2 atom stereocenters. The zero-order valence-corrected chi connectivity index (χ0v) is 14.3. The van der Waals surface area contributed by atoms with Gasteiger partial charge in [-0.1, -0.05) is 30.0 Å². The van der Waals surface area contributed by atoms with Crippen molar-refractivity contribution < 1.29 is 24.0 Å². The van der Waals surface area contributed by atoms with Crippen LogP contribution in [0, 0.1) is 5.92 Å². The van der Waals surface area contributed by atoms with Gasteiger partial charge < -0.3 is 9.74 Å². The number of fused-ring (bicyclic) bond motifs is 1. The van der Waals surface area contributed by atoms with Gasteiger partial charge in [0.15, 0.2) is 0 Å². The Labute approximate surface area is 150 Å². The number of hydrogen-bond acceptors (Lipinski definition) is 5. The minimum atomic E-state index is -0.622. The van der Waals surface area contributed by atoms with E-state index >= 15 is 0 Å². The van der Waals surface area contributed by atoms with Crippen molar-refractivity contribution in [3.05, 3.63) is 35.4 Å². The first-order valence-electron chi connectivity index (χ1n) is 9.07. The minimum Gasteiger partial charge on any atom is -0.339 e. The topological polar surface area (TPSA) is 84.0 Å². The van der Waals surface area contributed by atoms with E-state index in [1.165, 1.54) is 12.1 Å². The van der Waals surface area contributed by atoms with Gasteiger partial charge in [0, 0.05) is 19.0 Å². The van der Waals surface area contributed by atoms with E-state index < -0.39 is 23.7 Å². The molecule has 3 aliphatic rings. The van der Waals surface area contributed by atoms with Crippen molar-refractivity contribution in [2.45, 2.75) is 44.6 Å². The van der Waals surface area contributed by atoms with Crippen LogP contribution in [0.3, 0.4) is 0 Å². The van der Waals surface area contributed by atoms with Gasteiger partial charge >= 0.3 is 5.97 Å². The van der Waals surface area contributed by atoms with Crippen LogP contribution < -0.4 is 0 Å². The van der Waals surface area contributed by atoms with Crippen LogP contribution in [0.2, 0.25) is 0 Å². The van der Waals surface area contributed by atoms with Crippen molar-refractivity contribution in [2.75, 3.05) is 6.54 Å². The zero-order valence-electron chi connectivity index (χ0n) is 14.3. The van der Waals surface area contributed by atoms with Crippen LogP contribution in [-0.2, 0) is 14.4 Å². The van der Waals surface area contributed by atoms with Crippen LogP contribution in [0.25, 0.3) is 0 Å². The van der Waals surface area contributed by atoms with Gasteiger partial charge in [-0.25, -0.2) is 4.79 Å². The van der Waals surface area contributed by atoms with E-state index in [1.54, 1.807) is 17.0 Å². The van der Waals surface area contributed by atoms with Gasteiger partial charge in [0.25, 0.3) is 11.8 Å². The van der Waals surface area contributed by atoms with Gasteiger partial charge in [-0.05, 0) is 31.4 Å². The predicted molar refractivity (Wildman–Crippen MR) is 89.7 cm³/mol. The molecule has 1 saturated carbocycles. The molecular formula is C19H20N2O5. The number of likely N-dealkylation sites (tertiary alicyclic amines) is 1. The van der Waals surface area contributed by atoms with Crippen molar-refractivity contribution in [3.63, 3.8) is 0 Å². The van der Waals surface area contributed by atoms with Crippen molar-refractivity contribution >= 4 is 23.7 Å². The molecule has 7 heteroatoms. The maximum atomic E-state index is 12.8. The first kappa shape index (κ1) is 16.8. The van der Waals surface area contributed by atoms with E-state index in [0.717, 1.165) is 25.7 Å². The van der Waals surface area contributed by atoms with Crippen LogP contribution in [0.4, 0.5) is 0 Å². The Bertz CT molecular complexity index is 755. The van der Waals surface area contributed by atoms with Gasteiger partial charge in [-0.2, -0.15) is 0 Å². The van der Waals surface area contributed by atoms with Gasteiger partial charge in [-0.15, -0.1) is 0 Å². The Balaban J connectivity index is 1.51. The first-order valence-corrected chi connectivity index (χ1v) is 9.07. The van der Waals surface area contributed by atoms with Crippen molar-refractivity contribution in [1.29, 1.82) is 0 Å². The third-order valence-corrected chi connectivity index (χ3v) is 5.48. The molecule has 26 heavy (non-hydrogen) atoms. The van der Waals surface area contributed by atoms with E-state index in [-0.39, 0.29) is 23.1 Å². The quantitative estimate of drug-likeness (QED) is 0.773. The molecule has 2 aliphatic heterocycles. The SMILES string of the molecule is O=C(ON1C(=O)c2ccccc2C1=O)[C@@H]1CCCC[C@@H]1N1CCCC1=O. The fourth-order valence-electron chi connectivity index (χ4n) is 4.19. The molecule has 4 rings (SSSR count). The number of hydrogen-bond donors (Lipinski definition) is 0. The third kappa shape index (κ3) is 2.67. The van der Waals surface area contributed by atoms with E-state index in [0.29, 0.717) is 24.4 Å². The average Bonchev–Trinajstić information content (AvgIpc) is 3.19. The van der Waals surface area contributed by atoms with Crippen molar-refractivity contribution in [3.8, 4) is 0 Å². The number of benzene rings is 1. The number of rotatable bonds is 3. The fourth-order valence-corrected chi connectivity index (χ4v) is 4.19. The summed E-state index contributed by atoms with van der Waals surface area (Å²) in [6.45, 7) is 0.653. The molecule has 136 valence electrons. The number of amides is 3. The van der Waals surface area contributed by atoms with Gasteiger partial charge in [0.1, 0.15) is 0 Å². The van der Waals surface area contributed by atoms with E-state index in [4.69, 9.17) is 4.84 Å². The van der Waals surface area contributed by atoms with E-state index in [9.17, 15) is 19.2 Å². The lowest BCUT2D eigenvalue weighted by Gasteiger charge is -2.36. The second kappa shape index (κ2) is 6.55. The van der Waals surface area contributed by atoms with Crippen LogP contribution in [-0.4, -0.2) is 46.2 Å². The number of imide groups is 1. The lowest BCUT2D eigenvalue weighted by atomic mass is 9.83. The number of nitrogens with zero attached hydrogens (tertiary/aromatic N) is 2. The van der Waals surface area contributed by atoms with Gasteiger partial charge in [0.2, 0.25) is 5.91 Å². The minimum absolute atomic E-state index is 0.0652. The summed E-state index contributed by atoms with van der Waals surface area (Å²) in [4.78, 5) is 56.6. The maximum Gasteiger partial charge on any atom is 0.338 e. The second-order valence-electron chi connectivity index (χ2n) is 7.01. The summed E-state index contributed by atoms with van der Waals surface area (Å²) in [7, 11) is 0. The molecule has 1 aliphatic carbocycles. The highest BCUT2D eigenvalue weighted by atomic mass is 16.7. The molecule has 1 aromatic rings. The number of carbonyl (C=O) groups is 4. The molecular weight excluding hydrogens is 336 g/mol. The average molecular weight is 356 g/mol. The van der Waals surface area contributed by atoms with Crippen LogP contribution in [0.1, 0.15) is 59.2 Å². The van der Waals surface area contributed by atoms with Gasteiger partial charge in [0.05, 0.1) is 17.0 Å². The molecule has 1 aromatic carbocycles. The normalized spacial score (nSPS) is 25.6. The standard InChI is InChI=1S/C19H20N2O5/c22-16-10-5-11-20(16)15-9-4-3-8-14(15)19(25)26-21-17(23)12-6-1-2-7-13(12)18(21)24/h1-2,6-7,14-15H,3-5,8-11H2/t14-,15+/m1/s1. The Morgan fingerprint density at radius 3 is 2.23 bits per heavy atom. The number of hydroxylamine groups is 2.